The quantitative estimate of drug-likeness (QED) is 0.682. The van der Waals surface area contributed by atoms with E-state index in [9.17, 15) is 8.42 Å². The van der Waals surface area contributed by atoms with Crippen LogP contribution in [0.4, 0.5) is 0 Å². The second-order valence-corrected chi connectivity index (χ2v) is 7.24. The minimum atomic E-state index is -3.43. The Morgan fingerprint density at radius 1 is 1.29 bits per heavy atom. The van der Waals surface area contributed by atoms with E-state index in [-0.39, 0.29) is 10.9 Å². The zero-order chi connectivity index (χ0) is 15.3. The summed E-state index contributed by atoms with van der Waals surface area (Å²) in [6.45, 7) is 3.44. The second-order valence-electron chi connectivity index (χ2n) is 5.52. The third-order valence-electron chi connectivity index (χ3n) is 3.64. The molecule has 6 heteroatoms. The molecule has 0 radical (unpaired) electrons. The average molecular weight is 312 g/mol. The van der Waals surface area contributed by atoms with Crippen LogP contribution < -0.4 is 14.8 Å². The molecule has 1 aromatic carbocycles. The first-order valence-corrected chi connectivity index (χ1v) is 8.91. The van der Waals surface area contributed by atoms with Crippen LogP contribution in [-0.2, 0) is 10.0 Å². The van der Waals surface area contributed by atoms with Gasteiger partial charge in [-0.25, -0.2) is 13.1 Å². The number of rotatable bonds is 9. The molecule has 2 N–H and O–H groups in total. The lowest BCUT2D eigenvalue weighted by Crippen LogP contribution is -2.33. The van der Waals surface area contributed by atoms with Crippen LogP contribution in [-0.4, -0.2) is 34.7 Å². The van der Waals surface area contributed by atoms with Crippen LogP contribution in [0.3, 0.4) is 0 Å². The van der Waals surface area contributed by atoms with Gasteiger partial charge in [0.15, 0.2) is 0 Å². The van der Waals surface area contributed by atoms with Gasteiger partial charge < -0.3 is 10.1 Å². The number of hydrogen-bond acceptors (Lipinski definition) is 4. The standard InChI is InChI=1S/C15H24N2O3S/c1-12(13-4-5-13)17-21(18,19)15-8-6-14(7-9-15)20-11-3-10-16-2/h6-9,12-13,16-17H,3-5,10-11H2,1-2H3. The third kappa shape index (κ3) is 4.98. The Kier molecular flexibility index (Phi) is 5.61. The molecule has 1 unspecified atom stereocenters. The Bertz CT molecular complexity index is 539. The van der Waals surface area contributed by atoms with E-state index < -0.39 is 10.0 Å². The van der Waals surface area contributed by atoms with E-state index in [1.54, 1.807) is 24.3 Å². The monoisotopic (exact) mass is 312 g/mol. The molecule has 21 heavy (non-hydrogen) atoms. The highest BCUT2D eigenvalue weighted by Crippen LogP contribution is 2.33. The van der Waals surface area contributed by atoms with Gasteiger partial charge in [0.1, 0.15) is 5.75 Å². The number of benzene rings is 1. The Hall–Kier alpha value is -1.11. The normalized spacial score (nSPS) is 16.7. The molecule has 0 heterocycles. The van der Waals surface area contributed by atoms with Crippen LogP contribution in [0, 0.1) is 5.92 Å². The molecular weight excluding hydrogens is 288 g/mol. The van der Waals surface area contributed by atoms with Crippen LogP contribution in [0.25, 0.3) is 0 Å². The molecule has 1 aromatic rings. The summed E-state index contributed by atoms with van der Waals surface area (Å²) in [4.78, 5) is 0.289. The number of hydrogen-bond donors (Lipinski definition) is 2. The minimum Gasteiger partial charge on any atom is -0.494 e. The molecule has 0 amide bonds. The van der Waals surface area contributed by atoms with E-state index in [0.29, 0.717) is 18.3 Å². The molecular formula is C15H24N2O3S. The molecule has 1 saturated carbocycles. The van der Waals surface area contributed by atoms with Gasteiger partial charge in [-0.1, -0.05) is 0 Å². The molecule has 0 aliphatic heterocycles. The summed E-state index contributed by atoms with van der Waals surface area (Å²) in [5.74, 6) is 1.19. The van der Waals surface area contributed by atoms with Crippen molar-refractivity contribution in [2.24, 2.45) is 5.92 Å². The lowest BCUT2D eigenvalue weighted by atomic mass is 10.2. The Balaban J connectivity index is 1.90. The van der Waals surface area contributed by atoms with Crippen molar-refractivity contribution < 1.29 is 13.2 Å². The van der Waals surface area contributed by atoms with Crippen molar-refractivity contribution in [3.05, 3.63) is 24.3 Å². The fourth-order valence-corrected chi connectivity index (χ4v) is 3.47. The summed E-state index contributed by atoms with van der Waals surface area (Å²) < 4.78 is 32.7. The Morgan fingerprint density at radius 2 is 1.95 bits per heavy atom. The van der Waals surface area contributed by atoms with Crippen molar-refractivity contribution in [1.29, 1.82) is 0 Å². The molecule has 1 atom stereocenters. The highest BCUT2D eigenvalue weighted by molar-refractivity contribution is 7.89. The fourth-order valence-electron chi connectivity index (χ4n) is 2.16. The smallest absolute Gasteiger partial charge is 0.240 e. The van der Waals surface area contributed by atoms with Crippen LogP contribution >= 0.6 is 0 Å². The van der Waals surface area contributed by atoms with E-state index in [2.05, 4.69) is 10.0 Å². The predicted molar refractivity (Wildman–Crippen MR) is 83.0 cm³/mol. The molecule has 0 bridgehead atoms. The summed E-state index contributed by atoms with van der Waals surface area (Å²) in [6, 6.07) is 6.60. The average Bonchev–Trinajstić information content (AvgIpc) is 3.28. The zero-order valence-electron chi connectivity index (χ0n) is 12.6. The molecule has 2 rings (SSSR count). The maximum atomic E-state index is 12.2. The van der Waals surface area contributed by atoms with Gasteiger partial charge in [-0.05, 0) is 70.0 Å². The van der Waals surface area contributed by atoms with Gasteiger partial charge >= 0.3 is 0 Å². The van der Waals surface area contributed by atoms with E-state index in [4.69, 9.17) is 4.74 Å². The molecule has 5 nitrogen and oxygen atoms in total. The summed E-state index contributed by atoms with van der Waals surface area (Å²) in [5, 5.41) is 3.05. The highest BCUT2D eigenvalue weighted by Gasteiger charge is 2.31. The van der Waals surface area contributed by atoms with Crippen molar-refractivity contribution in [2.75, 3.05) is 20.2 Å². The lowest BCUT2D eigenvalue weighted by Gasteiger charge is -2.13. The van der Waals surface area contributed by atoms with E-state index in [1.807, 2.05) is 14.0 Å². The topological polar surface area (TPSA) is 67.4 Å². The minimum absolute atomic E-state index is 0.00692. The van der Waals surface area contributed by atoms with Crippen molar-refractivity contribution in [1.82, 2.24) is 10.0 Å². The van der Waals surface area contributed by atoms with E-state index in [0.717, 1.165) is 25.8 Å². The fraction of sp³-hybridized carbons (Fsp3) is 0.600. The molecule has 1 fully saturated rings. The Morgan fingerprint density at radius 3 is 2.52 bits per heavy atom. The maximum absolute atomic E-state index is 12.2. The van der Waals surface area contributed by atoms with Crippen molar-refractivity contribution in [3.8, 4) is 5.75 Å². The number of nitrogens with one attached hydrogen (secondary N) is 2. The van der Waals surface area contributed by atoms with Gasteiger partial charge in [-0.2, -0.15) is 0 Å². The largest absolute Gasteiger partial charge is 0.494 e. The van der Waals surface area contributed by atoms with Crippen LogP contribution in [0.1, 0.15) is 26.2 Å². The molecule has 1 aliphatic rings. The Labute approximate surface area is 127 Å². The van der Waals surface area contributed by atoms with Gasteiger partial charge in [0.25, 0.3) is 0 Å². The lowest BCUT2D eigenvalue weighted by molar-refractivity contribution is 0.309. The van der Waals surface area contributed by atoms with Gasteiger partial charge in [0, 0.05) is 6.04 Å². The first kappa shape index (κ1) is 16.3. The van der Waals surface area contributed by atoms with Crippen molar-refractivity contribution >= 4 is 10.0 Å². The molecule has 0 aromatic heterocycles. The highest BCUT2D eigenvalue weighted by atomic mass is 32.2. The van der Waals surface area contributed by atoms with E-state index >= 15 is 0 Å². The van der Waals surface area contributed by atoms with Gasteiger partial charge in [0.05, 0.1) is 11.5 Å². The van der Waals surface area contributed by atoms with Crippen LogP contribution in [0.5, 0.6) is 5.75 Å². The molecule has 0 saturated heterocycles. The number of sulfonamides is 1. The second kappa shape index (κ2) is 7.24. The summed E-state index contributed by atoms with van der Waals surface area (Å²) in [6.07, 6.45) is 3.14. The summed E-state index contributed by atoms with van der Waals surface area (Å²) in [5.41, 5.74) is 0. The van der Waals surface area contributed by atoms with Crippen LogP contribution in [0.15, 0.2) is 29.2 Å². The molecule has 0 spiro atoms. The SMILES string of the molecule is CNCCCOc1ccc(S(=O)(=O)NC(C)C2CC2)cc1. The molecule has 1 aliphatic carbocycles. The number of ether oxygens (including phenoxy) is 1. The van der Waals surface area contributed by atoms with Crippen LogP contribution in [0.2, 0.25) is 0 Å². The predicted octanol–water partition coefficient (Wildman–Crippen LogP) is 1.75. The van der Waals surface area contributed by atoms with Crippen molar-refractivity contribution in [3.63, 3.8) is 0 Å². The third-order valence-corrected chi connectivity index (χ3v) is 5.22. The maximum Gasteiger partial charge on any atom is 0.240 e. The van der Waals surface area contributed by atoms with Gasteiger partial charge in [-0.15, -0.1) is 0 Å². The van der Waals surface area contributed by atoms with Gasteiger partial charge in [0.2, 0.25) is 10.0 Å². The first-order valence-electron chi connectivity index (χ1n) is 7.43. The summed E-state index contributed by atoms with van der Waals surface area (Å²) >= 11 is 0. The zero-order valence-corrected chi connectivity index (χ0v) is 13.4. The van der Waals surface area contributed by atoms with Crippen molar-refractivity contribution in [2.45, 2.75) is 37.1 Å². The molecule has 118 valence electrons. The first-order chi connectivity index (χ1) is 10.0. The van der Waals surface area contributed by atoms with E-state index in [1.165, 1.54) is 0 Å². The summed E-state index contributed by atoms with van der Waals surface area (Å²) in [7, 11) is -1.53. The van der Waals surface area contributed by atoms with Gasteiger partial charge in [-0.3, -0.25) is 0 Å².